The van der Waals surface area contributed by atoms with Crippen molar-refractivity contribution in [3.8, 4) is 11.8 Å². The van der Waals surface area contributed by atoms with E-state index < -0.39 is 0 Å². The molecule has 4 N–H and O–H groups in total. The van der Waals surface area contributed by atoms with Gasteiger partial charge in [-0.05, 0) is 36.2 Å². The number of amides is 1. The molecule has 2 aromatic carbocycles. The van der Waals surface area contributed by atoms with E-state index >= 15 is 0 Å². The quantitative estimate of drug-likeness (QED) is 0.796. The van der Waals surface area contributed by atoms with Crippen LogP contribution in [0.1, 0.15) is 35.2 Å². The number of hydrogen-bond donors (Lipinski definition) is 2. The zero-order valence-electron chi connectivity index (χ0n) is 13.9. The second kappa shape index (κ2) is 10.1. The van der Waals surface area contributed by atoms with Gasteiger partial charge >= 0.3 is 0 Å². The van der Waals surface area contributed by atoms with Crippen LogP contribution in [0.5, 0.6) is 0 Å². The van der Waals surface area contributed by atoms with Crippen LogP contribution < -0.4 is 11.5 Å². The number of primary amides is 1. The van der Waals surface area contributed by atoms with E-state index in [1.807, 2.05) is 24.3 Å². The van der Waals surface area contributed by atoms with Crippen molar-refractivity contribution < 1.29 is 4.79 Å². The van der Waals surface area contributed by atoms with Crippen molar-refractivity contribution in [2.24, 2.45) is 11.5 Å². The smallest absolute Gasteiger partial charge is 0.248 e. The van der Waals surface area contributed by atoms with Gasteiger partial charge in [-0.3, -0.25) is 4.79 Å². The highest BCUT2D eigenvalue weighted by Crippen LogP contribution is 2.34. The molecule has 25 heavy (non-hydrogen) atoms. The third kappa shape index (κ3) is 5.79. The van der Waals surface area contributed by atoms with E-state index in [-0.39, 0.29) is 23.7 Å². The largest absolute Gasteiger partial charge is 0.366 e. The summed E-state index contributed by atoms with van der Waals surface area (Å²) in [5.74, 6) is 5.91. The molecule has 0 spiro atoms. The topological polar surface area (TPSA) is 69.1 Å². The molecule has 3 nitrogen and oxygen atoms in total. The van der Waals surface area contributed by atoms with E-state index in [2.05, 4.69) is 17.9 Å². The molecule has 5 heteroatoms. The van der Waals surface area contributed by atoms with Gasteiger partial charge in [-0.25, -0.2) is 0 Å². The third-order valence-corrected chi connectivity index (χ3v) is 4.40. The lowest BCUT2D eigenvalue weighted by atomic mass is 9.72. The molecule has 0 unspecified atom stereocenters. The second-order valence-electron chi connectivity index (χ2n) is 5.76. The Labute approximate surface area is 160 Å². The lowest BCUT2D eigenvalue weighted by Gasteiger charge is -2.32. The minimum absolute atomic E-state index is 0. The van der Waals surface area contributed by atoms with E-state index in [4.69, 9.17) is 23.1 Å². The molecule has 0 radical (unpaired) electrons. The molecule has 1 amide bonds. The van der Waals surface area contributed by atoms with E-state index in [1.165, 1.54) is 5.56 Å². The first-order chi connectivity index (χ1) is 11.6. The fourth-order valence-electron chi connectivity index (χ4n) is 2.67. The second-order valence-corrected chi connectivity index (χ2v) is 6.19. The van der Waals surface area contributed by atoms with Gasteiger partial charge in [0, 0.05) is 35.4 Å². The van der Waals surface area contributed by atoms with Crippen molar-refractivity contribution in [3.05, 3.63) is 70.7 Å². The summed E-state index contributed by atoms with van der Waals surface area (Å²) < 4.78 is 0. The van der Waals surface area contributed by atoms with Crippen LogP contribution in [0, 0.1) is 11.8 Å². The lowest BCUT2D eigenvalue weighted by molar-refractivity contribution is 0.100. The maximum atomic E-state index is 10.4. The number of hydrogen-bond acceptors (Lipinski definition) is 2. The van der Waals surface area contributed by atoms with E-state index in [9.17, 15) is 4.79 Å². The molecule has 3 rings (SSSR count). The van der Waals surface area contributed by atoms with Crippen molar-refractivity contribution in [3.63, 3.8) is 0 Å². The normalized spacial score (nSPS) is 17.8. The highest BCUT2D eigenvalue weighted by atomic mass is 35.5. The summed E-state index contributed by atoms with van der Waals surface area (Å²) in [6.07, 6.45) is 2.82. The molecule has 0 aliphatic heterocycles. The third-order valence-electron chi connectivity index (χ3n) is 4.17. The zero-order chi connectivity index (χ0) is 17.4. The molecule has 132 valence electrons. The minimum Gasteiger partial charge on any atom is -0.366 e. The van der Waals surface area contributed by atoms with Crippen LogP contribution in [0.25, 0.3) is 0 Å². The number of rotatable bonds is 3. The van der Waals surface area contributed by atoms with Crippen LogP contribution in [0.3, 0.4) is 0 Å². The van der Waals surface area contributed by atoms with Crippen molar-refractivity contribution in [2.45, 2.75) is 24.7 Å². The number of halogens is 2. The fraction of sp³-hybridized carbons (Fsp3) is 0.250. The average molecular weight is 377 g/mol. The van der Waals surface area contributed by atoms with Gasteiger partial charge < -0.3 is 11.5 Å². The molecule has 0 saturated carbocycles. The van der Waals surface area contributed by atoms with Crippen LogP contribution in [0.2, 0.25) is 5.02 Å². The molecule has 1 atom stereocenters. The van der Waals surface area contributed by atoms with Crippen LogP contribution >= 0.6 is 24.0 Å². The van der Waals surface area contributed by atoms with Gasteiger partial charge in [0.1, 0.15) is 0 Å². The Morgan fingerprint density at radius 1 is 1.12 bits per heavy atom. The first-order valence-corrected chi connectivity index (χ1v) is 8.22. The fourth-order valence-corrected chi connectivity index (χ4v) is 2.86. The van der Waals surface area contributed by atoms with Crippen LogP contribution in [-0.4, -0.2) is 12.5 Å². The minimum atomic E-state index is -0.379. The van der Waals surface area contributed by atoms with E-state index in [1.54, 1.807) is 24.3 Å². The van der Waals surface area contributed by atoms with Gasteiger partial charge in [-0.15, -0.1) is 24.2 Å². The predicted molar refractivity (Wildman–Crippen MR) is 106 cm³/mol. The van der Waals surface area contributed by atoms with Crippen molar-refractivity contribution in [2.75, 3.05) is 6.54 Å². The average Bonchev–Trinajstić information content (AvgIpc) is 2.63. The summed E-state index contributed by atoms with van der Waals surface area (Å²) in [4.78, 5) is 10.4. The molecule has 0 saturated heterocycles. The Morgan fingerprint density at radius 2 is 1.84 bits per heavy atom. The number of benzene rings is 2. The molecule has 2 aromatic rings. The van der Waals surface area contributed by atoms with Crippen molar-refractivity contribution in [1.29, 1.82) is 0 Å². The molecule has 0 aromatic heterocycles. The Kier molecular flexibility index (Phi) is 8.51. The van der Waals surface area contributed by atoms with Gasteiger partial charge in [0.25, 0.3) is 0 Å². The maximum Gasteiger partial charge on any atom is 0.248 e. The summed E-state index contributed by atoms with van der Waals surface area (Å²) in [6, 6.07) is 16.8. The van der Waals surface area contributed by atoms with Gasteiger partial charge in [0.15, 0.2) is 0 Å². The van der Waals surface area contributed by atoms with Gasteiger partial charge in [-0.1, -0.05) is 41.9 Å². The predicted octanol–water partition coefficient (Wildman–Crippen LogP) is 3.93. The van der Waals surface area contributed by atoms with Gasteiger partial charge in [-0.2, -0.15) is 0 Å². The molecule has 0 fully saturated rings. The summed E-state index contributed by atoms with van der Waals surface area (Å²) in [7, 11) is 0. The van der Waals surface area contributed by atoms with E-state index in [0.717, 1.165) is 24.3 Å². The number of nitrogens with two attached hydrogens (primary N) is 2. The summed E-state index contributed by atoms with van der Waals surface area (Å²) in [5.41, 5.74) is 12.7. The van der Waals surface area contributed by atoms with Crippen LogP contribution in [-0.2, 0) is 5.41 Å². The zero-order valence-corrected chi connectivity index (χ0v) is 15.4. The van der Waals surface area contributed by atoms with Crippen LogP contribution in [0.15, 0.2) is 54.6 Å². The van der Waals surface area contributed by atoms with Gasteiger partial charge in [0.2, 0.25) is 5.91 Å². The standard InChI is InChI=1S/C13H14ClN.C7H7NO.ClH/c14-12-6-4-5-11(9-12)13(10-15)7-2-1-3-8-13;8-7(9)6-4-2-1-3-5-6;/h4-6,9H,2,7-8,10,15H2;1-5H,(H2,8,9);1H/t13-;;/m1../s1. The maximum absolute atomic E-state index is 10.4. The van der Waals surface area contributed by atoms with Crippen molar-refractivity contribution in [1.82, 2.24) is 0 Å². The molecular weight excluding hydrogens is 355 g/mol. The monoisotopic (exact) mass is 376 g/mol. The SMILES string of the molecule is Cl.NC(=O)c1ccccc1.NC[C@]1(c2cccc(Cl)c2)CC#CCC1. The summed E-state index contributed by atoms with van der Waals surface area (Å²) in [6.45, 7) is 0.641. The Bertz CT molecular complexity index is 753. The Morgan fingerprint density at radius 3 is 2.32 bits per heavy atom. The van der Waals surface area contributed by atoms with Gasteiger partial charge in [0.05, 0.1) is 0 Å². The Balaban J connectivity index is 0.000000270. The highest BCUT2D eigenvalue weighted by molar-refractivity contribution is 6.30. The molecule has 0 heterocycles. The lowest BCUT2D eigenvalue weighted by Crippen LogP contribution is -2.35. The molecule has 1 aliphatic rings. The summed E-state index contributed by atoms with van der Waals surface area (Å²) in [5, 5.41) is 0.777. The molecular formula is C20H22Cl2N2O. The van der Waals surface area contributed by atoms with Crippen molar-refractivity contribution >= 4 is 29.9 Å². The highest BCUT2D eigenvalue weighted by Gasteiger charge is 2.30. The first-order valence-electron chi connectivity index (χ1n) is 7.84. The number of carbonyl (C=O) groups is 1. The Hall–Kier alpha value is -1.99. The summed E-state index contributed by atoms with van der Waals surface area (Å²) >= 11 is 6.01. The molecule has 0 bridgehead atoms. The van der Waals surface area contributed by atoms with E-state index in [0.29, 0.717) is 12.1 Å². The number of carbonyl (C=O) groups excluding carboxylic acids is 1. The van der Waals surface area contributed by atoms with Crippen LogP contribution in [0.4, 0.5) is 0 Å². The first kappa shape index (κ1) is 21.1. The molecule has 1 aliphatic carbocycles.